The minimum atomic E-state index is -0.611. The number of hydrogen-bond donors (Lipinski definition) is 2. The molecule has 0 unspecified atom stereocenters. The first-order chi connectivity index (χ1) is 16.5. The fraction of sp³-hybridized carbons (Fsp3) is 0.357. The van der Waals surface area contributed by atoms with Crippen molar-refractivity contribution in [3.63, 3.8) is 0 Å². The second-order valence-corrected chi connectivity index (χ2v) is 9.08. The first-order valence-corrected chi connectivity index (χ1v) is 12.1. The fourth-order valence-corrected chi connectivity index (χ4v) is 4.49. The van der Waals surface area contributed by atoms with Crippen molar-refractivity contribution in [3.8, 4) is 0 Å². The van der Waals surface area contributed by atoms with E-state index in [1.165, 1.54) is 0 Å². The summed E-state index contributed by atoms with van der Waals surface area (Å²) in [5, 5.41) is 21.4. The third kappa shape index (κ3) is 5.82. The Hall–Kier alpha value is -3.22. The van der Waals surface area contributed by atoms with E-state index in [0.29, 0.717) is 0 Å². The molecule has 0 saturated carbocycles. The number of rotatable bonds is 11. The van der Waals surface area contributed by atoms with E-state index in [9.17, 15) is 10.2 Å². The quantitative estimate of drug-likeness (QED) is 0.266. The van der Waals surface area contributed by atoms with E-state index in [2.05, 4.69) is 34.2 Å². The highest BCUT2D eigenvalue weighted by Gasteiger charge is 2.21. The Morgan fingerprint density at radius 2 is 1.00 bits per heavy atom. The predicted octanol–water partition coefficient (Wildman–Crippen LogP) is 3.36. The van der Waals surface area contributed by atoms with Crippen molar-refractivity contribution in [2.45, 2.75) is 51.0 Å². The van der Waals surface area contributed by atoms with Gasteiger partial charge in [0.25, 0.3) is 0 Å². The van der Waals surface area contributed by atoms with Crippen molar-refractivity contribution in [2.75, 3.05) is 0 Å². The maximum atomic E-state index is 10.7. The minimum absolute atomic E-state index is 0.611. The molecule has 6 nitrogen and oxygen atoms in total. The van der Waals surface area contributed by atoms with Gasteiger partial charge in [0, 0.05) is 0 Å². The molecular formula is C28H36N4O2+2. The van der Waals surface area contributed by atoms with Gasteiger partial charge in [0.05, 0.1) is 27.2 Å². The zero-order valence-electron chi connectivity index (χ0n) is 20.2. The summed E-state index contributed by atoms with van der Waals surface area (Å²) < 4.78 is 8.35. The van der Waals surface area contributed by atoms with Crippen LogP contribution in [0.5, 0.6) is 0 Å². The molecule has 0 fully saturated rings. The maximum absolute atomic E-state index is 10.7. The van der Waals surface area contributed by atoms with Gasteiger partial charge in [-0.1, -0.05) is 60.7 Å². The molecule has 2 aromatic carbocycles. The average molecular weight is 461 g/mol. The van der Waals surface area contributed by atoms with E-state index < -0.39 is 12.2 Å². The van der Waals surface area contributed by atoms with E-state index in [1.54, 1.807) is 0 Å². The average Bonchev–Trinajstić information content (AvgIpc) is 3.43. The largest absolute Gasteiger partial charge is 0.380 e. The number of imidazole rings is 2. The molecule has 6 heteroatoms. The van der Waals surface area contributed by atoms with Crippen LogP contribution in [-0.2, 0) is 27.2 Å². The van der Waals surface area contributed by atoms with Crippen LogP contribution in [0.4, 0.5) is 0 Å². The lowest BCUT2D eigenvalue weighted by atomic mass is 10.1. The van der Waals surface area contributed by atoms with Gasteiger partial charge in [-0.15, -0.1) is 0 Å². The number of aryl methyl sites for hydroxylation is 4. The number of hydrogen-bond acceptors (Lipinski definition) is 2. The van der Waals surface area contributed by atoms with Crippen molar-refractivity contribution in [3.05, 3.63) is 108 Å². The van der Waals surface area contributed by atoms with E-state index in [0.717, 1.165) is 61.3 Å². The first-order valence-electron chi connectivity index (χ1n) is 12.1. The molecule has 2 aromatic heterocycles. The van der Waals surface area contributed by atoms with E-state index >= 15 is 0 Å². The van der Waals surface area contributed by atoms with Gasteiger partial charge in [0.2, 0.25) is 12.7 Å². The minimum Gasteiger partial charge on any atom is -0.380 e. The molecule has 178 valence electrons. The molecule has 2 N–H and O–H groups in total. The lowest BCUT2D eigenvalue weighted by Gasteiger charge is -2.07. The Balaban J connectivity index is 1.21. The third-order valence-corrected chi connectivity index (χ3v) is 6.43. The molecule has 34 heavy (non-hydrogen) atoms. The van der Waals surface area contributed by atoms with Crippen molar-refractivity contribution in [1.29, 1.82) is 0 Å². The van der Waals surface area contributed by atoms with Gasteiger partial charge in [0.15, 0.2) is 11.4 Å². The molecule has 4 aromatic rings. The van der Waals surface area contributed by atoms with Gasteiger partial charge in [-0.2, -0.15) is 0 Å². The fourth-order valence-electron chi connectivity index (χ4n) is 4.49. The lowest BCUT2D eigenvalue weighted by molar-refractivity contribution is -0.698. The van der Waals surface area contributed by atoms with Crippen LogP contribution in [0.25, 0.3) is 0 Å². The molecule has 0 amide bonds. The molecule has 0 aliphatic heterocycles. The Morgan fingerprint density at radius 1 is 0.618 bits per heavy atom. The van der Waals surface area contributed by atoms with Crippen molar-refractivity contribution in [2.24, 2.45) is 14.1 Å². The number of aliphatic hydroxyl groups excluding tert-OH is 2. The highest BCUT2D eigenvalue weighted by molar-refractivity contribution is 5.24. The molecule has 2 heterocycles. The monoisotopic (exact) mass is 460 g/mol. The van der Waals surface area contributed by atoms with Crippen LogP contribution < -0.4 is 9.13 Å². The summed E-state index contributed by atoms with van der Waals surface area (Å²) in [6.07, 6.45) is 11.5. The second kappa shape index (κ2) is 11.3. The summed E-state index contributed by atoms with van der Waals surface area (Å²) in [5.74, 6) is 0. The van der Waals surface area contributed by atoms with Gasteiger partial charge >= 0.3 is 0 Å². The standard InChI is InChI=1S/C28H36N4O2/c1-29-21-31(19-25(29)27(33)23-13-7-5-8-14-23)17-11-3-4-12-18-32-20-26(30(2)22-32)28(34)24-15-9-6-10-16-24/h5-10,13-16,19-22,27-28,33-34H,3-4,11-12,17-18H2,1-2H3/q+2/t27-,28-/m1/s1. The van der Waals surface area contributed by atoms with Crippen molar-refractivity contribution >= 4 is 0 Å². The van der Waals surface area contributed by atoms with Crippen molar-refractivity contribution in [1.82, 2.24) is 9.13 Å². The van der Waals surface area contributed by atoms with Gasteiger partial charge in [-0.25, -0.2) is 18.3 Å². The highest BCUT2D eigenvalue weighted by atomic mass is 16.3. The normalized spacial score (nSPS) is 13.2. The highest BCUT2D eigenvalue weighted by Crippen LogP contribution is 2.21. The number of aromatic nitrogens is 4. The molecule has 0 radical (unpaired) electrons. The van der Waals surface area contributed by atoms with Crippen LogP contribution in [0, 0.1) is 0 Å². The van der Waals surface area contributed by atoms with Gasteiger partial charge in [-0.05, 0) is 36.8 Å². The molecule has 0 spiro atoms. The van der Waals surface area contributed by atoms with Crippen molar-refractivity contribution < 1.29 is 19.3 Å². The van der Waals surface area contributed by atoms with E-state index in [-0.39, 0.29) is 0 Å². The molecule has 0 aliphatic carbocycles. The maximum Gasteiger partial charge on any atom is 0.243 e. The summed E-state index contributed by atoms with van der Waals surface area (Å²) in [6, 6.07) is 19.6. The summed E-state index contributed by atoms with van der Waals surface area (Å²) in [4.78, 5) is 0. The number of aliphatic hydroxyl groups is 2. The number of nitrogens with zero attached hydrogens (tertiary/aromatic N) is 4. The SMILES string of the molecule is Cn1c[n+](CCCCCC[n+]2cc([C@H](O)c3ccccc3)n(C)c2)cc1[C@H](O)c1ccccc1. The Kier molecular flexibility index (Phi) is 7.93. The smallest absolute Gasteiger partial charge is 0.243 e. The molecular weight excluding hydrogens is 424 g/mol. The molecule has 4 rings (SSSR count). The zero-order valence-corrected chi connectivity index (χ0v) is 20.2. The van der Waals surface area contributed by atoms with Gasteiger partial charge < -0.3 is 10.2 Å². The molecule has 0 saturated heterocycles. The van der Waals surface area contributed by atoms with Gasteiger partial charge in [-0.3, -0.25) is 0 Å². The number of benzene rings is 2. The molecule has 0 bridgehead atoms. The van der Waals surface area contributed by atoms with E-state index in [1.807, 2.05) is 83.9 Å². The zero-order chi connectivity index (χ0) is 23.9. The predicted molar refractivity (Wildman–Crippen MR) is 131 cm³/mol. The van der Waals surface area contributed by atoms with E-state index in [4.69, 9.17) is 0 Å². The van der Waals surface area contributed by atoms with Crippen LogP contribution in [0.1, 0.15) is 60.4 Å². The number of unbranched alkanes of at least 4 members (excludes halogenated alkanes) is 3. The summed E-state index contributed by atoms with van der Waals surface area (Å²) in [7, 11) is 3.97. The third-order valence-electron chi connectivity index (χ3n) is 6.43. The second-order valence-electron chi connectivity index (χ2n) is 9.08. The summed E-state index contributed by atoms with van der Waals surface area (Å²) in [6.45, 7) is 1.89. The molecule has 0 aliphatic rings. The Morgan fingerprint density at radius 3 is 1.38 bits per heavy atom. The van der Waals surface area contributed by atoms with Crippen LogP contribution in [0.3, 0.4) is 0 Å². The Bertz CT molecular complexity index is 1070. The lowest BCUT2D eigenvalue weighted by Crippen LogP contribution is -2.31. The summed E-state index contributed by atoms with van der Waals surface area (Å²) in [5.41, 5.74) is 3.63. The first kappa shape index (κ1) is 23.9. The van der Waals surface area contributed by atoms with Crippen LogP contribution >= 0.6 is 0 Å². The summed E-state index contributed by atoms with van der Waals surface area (Å²) >= 11 is 0. The van der Waals surface area contributed by atoms with Crippen LogP contribution in [-0.4, -0.2) is 19.3 Å². The van der Waals surface area contributed by atoms with Crippen LogP contribution in [0.15, 0.2) is 85.7 Å². The topological polar surface area (TPSA) is 58.1 Å². The van der Waals surface area contributed by atoms with Crippen LogP contribution in [0.2, 0.25) is 0 Å². The van der Waals surface area contributed by atoms with Gasteiger partial charge in [0.1, 0.15) is 24.6 Å². The Labute approximate surface area is 202 Å². The molecule has 2 atom stereocenters.